The molecule has 22 heavy (non-hydrogen) atoms. The van der Waals surface area contributed by atoms with Crippen LogP contribution < -0.4 is 5.32 Å². The van der Waals surface area contributed by atoms with E-state index in [1.54, 1.807) is 0 Å². The fourth-order valence-corrected chi connectivity index (χ4v) is 6.12. The monoisotopic (exact) mass is 333 g/mol. The van der Waals surface area contributed by atoms with Crippen molar-refractivity contribution in [2.75, 3.05) is 6.61 Å². The summed E-state index contributed by atoms with van der Waals surface area (Å²) in [5.41, 5.74) is 2.77. The molecule has 1 aromatic heterocycles. The number of para-hydroxylation sites is 1. The molecule has 2 rings (SSSR count). The van der Waals surface area contributed by atoms with E-state index in [4.69, 9.17) is 4.74 Å². The Labute approximate surface area is 137 Å². The van der Waals surface area contributed by atoms with E-state index < -0.39 is 16.1 Å². The van der Waals surface area contributed by atoms with Crippen LogP contribution in [0.3, 0.4) is 0 Å². The average Bonchev–Trinajstić information content (AvgIpc) is 2.67. The van der Waals surface area contributed by atoms with Gasteiger partial charge in [-0.3, -0.25) is 0 Å². The number of ether oxygens (including phenoxy) is 1. The summed E-state index contributed by atoms with van der Waals surface area (Å²) in [4.78, 5) is 0. The van der Waals surface area contributed by atoms with E-state index in [1.807, 2.05) is 0 Å². The van der Waals surface area contributed by atoms with Crippen LogP contribution >= 0.6 is 0 Å². The van der Waals surface area contributed by atoms with Crippen molar-refractivity contribution in [2.45, 2.75) is 59.0 Å². The summed E-state index contributed by atoms with van der Waals surface area (Å²) in [5.74, 6) is 0. The first-order chi connectivity index (χ1) is 10.1. The Morgan fingerprint density at radius 2 is 1.64 bits per heavy atom. The quantitative estimate of drug-likeness (QED) is 0.547. The molecule has 0 fully saturated rings. The fraction of sp³-hybridized carbons (Fsp3) is 0.556. The lowest BCUT2D eigenvalue weighted by Crippen LogP contribution is -2.44. The molecule has 0 saturated heterocycles. The van der Waals surface area contributed by atoms with Crippen LogP contribution in [0.2, 0.25) is 45.3 Å². The van der Waals surface area contributed by atoms with Gasteiger partial charge in [0.05, 0.1) is 13.6 Å². The molecule has 0 radical (unpaired) electrons. The summed E-state index contributed by atoms with van der Waals surface area (Å²) >= 11 is 0. The van der Waals surface area contributed by atoms with Gasteiger partial charge in [-0.25, -0.2) is 0 Å². The highest BCUT2D eigenvalue weighted by Crippen LogP contribution is 2.22. The summed E-state index contributed by atoms with van der Waals surface area (Å²) in [5, 5.41) is 2.91. The van der Waals surface area contributed by atoms with Crippen LogP contribution in [0.4, 0.5) is 0 Å². The van der Waals surface area contributed by atoms with E-state index in [2.05, 4.69) is 75.0 Å². The van der Waals surface area contributed by atoms with Gasteiger partial charge < -0.3 is 9.30 Å². The van der Waals surface area contributed by atoms with Gasteiger partial charge in [0.15, 0.2) is 0 Å². The zero-order valence-corrected chi connectivity index (χ0v) is 17.3. The van der Waals surface area contributed by atoms with Gasteiger partial charge in [0, 0.05) is 25.4 Å². The van der Waals surface area contributed by atoms with Gasteiger partial charge in [-0.05, 0) is 24.6 Å². The van der Waals surface area contributed by atoms with Crippen LogP contribution in [0.5, 0.6) is 0 Å². The Balaban J connectivity index is 2.31. The van der Waals surface area contributed by atoms with Gasteiger partial charge in [-0.15, -0.1) is 0 Å². The second-order valence-corrected chi connectivity index (χ2v) is 19.1. The highest BCUT2D eigenvalue weighted by molar-refractivity contribution is 6.88. The van der Waals surface area contributed by atoms with Crippen LogP contribution in [-0.4, -0.2) is 27.3 Å². The summed E-state index contributed by atoms with van der Waals surface area (Å²) in [6.45, 7) is 18.3. The molecule has 2 nitrogen and oxygen atoms in total. The summed E-state index contributed by atoms with van der Waals surface area (Å²) in [7, 11) is -2.43. The van der Waals surface area contributed by atoms with Crippen LogP contribution in [0.1, 0.15) is 5.56 Å². The normalized spacial score (nSPS) is 13.0. The second-order valence-electron chi connectivity index (χ2n) is 8.52. The first kappa shape index (κ1) is 17.5. The van der Waals surface area contributed by atoms with Crippen molar-refractivity contribution >= 4 is 32.4 Å². The lowest BCUT2D eigenvalue weighted by molar-refractivity contribution is 0.0919. The highest BCUT2D eigenvalue weighted by atomic mass is 28.3. The molecule has 0 N–H and O–H groups in total. The molecule has 0 spiro atoms. The highest BCUT2D eigenvalue weighted by Gasteiger charge is 2.26. The molecular weight excluding hydrogens is 302 g/mol. The van der Waals surface area contributed by atoms with E-state index in [-0.39, 0.29) is 0 Å². The van der Waals surface area contributed by atoms with Crippen molar-refractivity contribution in [3.63, 3.8) is 0 Å². The predicted molar refractivity (Wildman–Crippen MR) is 104 cm³/mol. The first-order valence-corrected chi connectivity index (χ1v) is 15.5. The Bertz CT molecular complexity index is 647. The zero-order chi connectivity index (χ0) is 16.5. The first-order valence-electron chi connectivity index (χ1n) is 8.27. The summed E-state index contributed by atoms with van der Waals surface area (Å²) in [6, 6.07) is 9.97. The molecule has 2 aromatic rings. The van der Waals surface area contributed by atoms with Crippen LogP contribution in [0, 0.1) is 6.92 Å². The molecule has 1 heterocycles. The van der Waals surface area contributed by atoms with E-state index in [0.717, 1.165) is 6.61 Å². The minimum atomic E-state index is -1.41. The van der Waals surface area contributed by atoms with Crippen molar-refractivity contribution in [1.82, 2.24) is 4.57 Å². The van der Waals surface area contributed by atoms with Gasteiger partial charge in [0.25, 0.3) is 0 Å². The van der Waals surface area contributed by atoms with Gasteiger partial charge in [0.1, 0.15) is 6.73 Å². The topological polar surface area (TPSA) is 14.2 Å². The van der Waals surface area contributed by atoms with Crippen molar-refractivity contribution in [3.8, 4) is 0 Å². The number of hydrogen-bond acceptors (Lipinski definition) is 1. The van der Waals surface area contributed by atoms with E-state index in [1.165, 1.54) is 27.8 Å². The van der Waals surface area contributed by atoms with Crippen LogP contribution in [-0.2, 0) is 11.5 Å². The van der Waals surface area contributed by atoms with E-state index in [9.17, 15) is 0 Å². The third kappa shape index (κ3) is 3.92. The summed E-state index contributed by atoms with van der Waals surface area (Å²) in [6.07, 6.45) is 0. The predicted octanol–water partition coefficient (Wildman–Crippen LogP) is 4.81. The maximum absolute atomic E-state index is 6.07. The standard InChI is InChI=1S/C18H31NOSi2/c1-15-16-10-8-9-11-17(16)19(18(15)22(5,6)7)14-20-12-13-21(2,3)4/h8-11H,12-14H2,1-7H3. The number of fused-ring (bicyclic) bond motifs is 1. The van der Waals surface area contributed by atoms with Crippen LogP contribution in [0.15, 0.2) is 24.3 Å². The minimum absolute atomic E-state index is 0.693. The lowest BCUT2D eigenvalue weighted by atomic mass is 10.2. The van der Waals surface area contributed by atoms with Gasteiger partial charge >= 0.3 is 0 Å². The molecule has 1 aromatic carbocycles. The van der Waals surface area contributed by atoms with Crippen molar-refractivity contribution in [2.24, 2.45) is 0 Å². The molecule has 0 atom stereocenters. The largest absolute Gasteiger partial charge is 0.361 e. The van der Waals surface area contributed by atoms with Crippen molar-refractivity contribution < 1.29 is 4.74 Å². The van der Waals surface area contributed by atoms with Gasteiger partial charge in [0.2, 0.25) is 0 Å². The molecule has 0 bridgehead atoms. The lowest BCUT2D eigenvalue weighted by Gasteiger charge is -2.22. The van der Waals surface area contributed by atoms with E-state index in [0.29, 0.717) is 6.73 Å². The minimum Gasteiger partial charge on any atom is -0.361 e. The maximum Gasteiger partial charge on any atom is 0.122 e. The fourth-order valence-electron chi connectivity index (χ4n) is 3.11. The smallest absolute Gasteiger partial charge is 0.122 e. The molecular formula is C18H31NOSi2. The molecule has 0 aliphatic rings. The number of aryl methyl sites for hydroxylation is 1. The molecule has 4 heteroatoms. The van der Waals surface area contributed by atoms with E-state index >= 15 is 0 Å². The number of nitrogens with zero attached hydrogens (tertiary/aromatic N) is 1. The second kappa shape index (κ2) is 6.34. The number of aromatic nitrogens is 1. The van der Waals surface area contributed by atoms with Crippen molar-refractivity contribution in [3.05, 3.63) is 29.8 Å². The Hall–Kier alpha value is -0.846. The number of hydrogen-bond donors (Lipinski definition) is 0. The Morgan fingerprint density at radius 1 is 1.00 bits per heavy atom. The molecule has 0 unspecified atom stereocenters. The summed E-state index contributed by atoms with van der Waals surface area (Å²) < 4.78 is 8.50. The van der Waals surface area contributed by atoms with Gasteiger partial charge in [-0.2, -0.15) is 0 Å². The third-order valence-electron chi connectivity index (χ3n) is 4.15. The molecule has 0 saturated carbocycles. The molecule has 122 valence electrons. The van der Waals surface area contributed by atoms with Crippen LogP contribution in [0.25, 0.3) is 10.9 Å². The maximum atomic E-state index is 6.07. The van der Waals surface area contributed by atoms with Gasteiger partial charge in [-0.1, -0.05) is 57.5 Å². The molecule has 0 aliphatic carbocycles. The molecule has 0 aliphatic heterocycles. The number of rotatable bonds is 6. The molecule has 0 amide bonds. The third-order valence-corrected chi connectivity index (χ3v) is 7.92. The Kier molecular flexibility index (Phi) is 5.04. The number of benzene rings is 1. The Morgan fingerprint density at radius 3 is 2.23 bits per heavy atom. The SMILES string of the molecule is Cc1c([Si](C)(C)C)n(COCC[Si](C)(C)C)c2ccccc12. The zero-order valence-electron chi connectivity index (χ0n) is 15.3. The van der Waals surface area contributed by atoms with Crippen molar-refractivity contribution in [1.29, 1.82) is 0 Å². The average molecular weight is 334 g/mol.